The number of amides is 1. The van der Waals surface area contributed by atoms with E-state index in [9.17, 15) is 4.79 Å². The van der Waals surface area contributed by atoms with Crippen molar-refractivity contribution in [3.8, 4) is 11.7 Å². The van der Waals surface area contributed by atoms with Crippen molar-refractivity contribution in [2.45, 2.75) is 6.54 Å². The van der Waals surface area contributed by atoms with Gasteiger partial charge >= 0.3 is 0 Å². The van der Waals surface area contributed by atoms with Crippen LogP contribution in [0.1, 0.15) is 16.2 Å². The molecule has 0 aromatic carbocycles. The average molecular weight is 305 g/mol. The van der Waals surface area contributed by atoms with Crippen molar-refractivity contribution >= 4 is 17.5 Å². The first-order valence-corrected chi connectivity index (χ1v) is 6.36. The van der Waals surface area contributed by atoms with E-state index >= 15 is 0 Å². The highest BCUT2D eigenvalue weighted by molar-refractivity contribution is 6.29. The summed E-state index contributed by atoms with van der Waals surface area (Å²) in [6.45, 7) is 0.131. The molecule has 0 spiro atoms. The van der Waals surface area contributed by atoms with Crippen molar-refractivity contribution in [3.05, 3.63) is 53.3 Å². The van der Waals surface area contributed by atoms with Gasteiger partial charge in [0.15, 0.2) is 11.6 Å². The molecule has 8 heteroatoms. The third-order valence-corrected chi connectivity index (χ3v) is 2.82. The number of carbonyl (C=O) groups excluding carboxylic acids is 1. The fourth-order valence-corrected chi connectivity index (χ4v) is 1.71. The van der Waals surface area contributed by atoms with Gasteiger partial charge in [-0.3, -0.25) is 4.79 Å². The summed E-state index contributed by atoms with van der Waals surface area (Å²) in [5, 5.41) is 6.74. The van der Waals surface area contributed by atoms with Crippen LogP contribution in [-0.2, 0) is 6.54 Å². The summed E-state index contributed by atoms with van der Waals surface area (Å²) in [4.78, 5) is 19.8. The lowest BCUT2D eigenvalue weighted by atomic mass is 10.3. The molecular weight excluding hydrogens is 296 g/mol. The molecule has 0 aliphatic carbocycles. The molecule has 3 rings (SSSR count). The molecule has 0 unspecified atom stereocenters. The SMILES string of the molecule is O=C(NCc1noc(-c2ccco2)n1)c1ccc(Cl)nc1. The van der Waals surface area contributed by atoms with Gasteiger partial charge in [0.1, 0.15) is 5.15 Å². The highest BCUT2D eigenvalue weighted by atomic mass is 35.5. The van der Waals surface area contributed by atoms with Crippen molar-refractivity contribution < 1.29 is 13.7 Å². The van der Waals surface area contributed by atoms with E-state index in [1.807, 2.05) is 0 Å². The molecule has 1 N–H and O–H groups in total. The summed E-state index contributed by atoms with van der Waals surface area (Å²) >= 11 is 5.66. The minimum atomic E-state index is -0.302. The van der Waals surface area contributed by atoms with Gasteiger partial charge in [0.05, 0.1) is 18.4 Å². The lowest BCUT2D eigenvalue weighted by molar-refractivity contribution is 0.0949. The molecule has 21 heavy (non-hydrogen) atoms. The van der Waals surface area contributed by atoms with Gasteiger partial charge in [0.2, 0.25) is 0 Å². The van der Waals surface area contributed by atoms with Crippen LogP contribution in [-0.4, -0.2) is 21.0 Å². The molecule has 0 saturated carbocycles. The molecule has 3 heterocycles. The van der Waals surface area contributed by atoms with E-state index in [1.165, 1.54) is 12.5 Å². The van der Waals surface area contributed by atoms with Crippen molar-refractivity contribution in [3.63, 3.8) is 0 Å². The summed E-state index contributed by atoms with van der Waals surface area (Å²) in [5.41, 5.74) is 0.397. The van der Waals surface area contributed by atoms with Gasteiger partial charge < -0.3 is 14.3 Å². The van der Waals surface area contributed by atoms with Crippen molar-refractivity contribution in [1.82, 2.24) is 20.4 Å². The Morgan fingerprint density at radius 3 is 2.95 bits per heavy atom. The van der Waals surface area contributed by atoms with Gasteiger partial charge in [-0.1, -0.05) is 16.8 Å². The van der Waals surface area contributed by atoms with E-state index in [0.29, 0.717) is 22.3 Å². The maximum Gasteiger partial charge on any atom is 0.293 e. The van der Waals surface area contributed by atoms with Gasteiger partial charge in [0.25, 0.3) is 11.8 Å². The molecule has 0 saturated heterocycles. The summed E-state index contributed by atoms with van der Waals surface area (Å²) in [6.07, 6.45) is 2.90. The summed E-state index contributed by atoms with van der Waals surface area (Å²) < 4.78 is 10.2. The van der Waals surface area contributed by atoms with E-state index in [1.54, 1.807) is 24.3 Å². The van der Waals surface area contributed by atoms with Crippen LogP contribution in [0.4, 0.5) is 0 Å². The minimum Gasteiger partial charge on any atom is -0.459 e. The number of aromatic nitrogens is 3. The maximum atomic E-state index is 11.9. The topological polar surface area (TPSA) is 94.1 Å². The highest BCUT2D eigenvalue weighted by Crippen LogP contribution is 2.16. The third kappa shape index (κ3) is 3.09. The van der Waals surface area contributed by atoms with Gasteiger partial charge in [-0.05, 0) is 24.3 Å². The van der Waals surface area contributed by atoms with Crippen molar-refractivity contribution in [1.29, 1.82) is 0 Å². The molecular formula is C13H9ClN4O3. The lowest BCUT2D eigenvalue weighted by Gasteiger charge is -2.01. The largest absolute Gasteiger partial charge is 0.459 e. The van der Waals surface area contributed by atoms with E-state index in [-0.39, 0.29) is 18.3 Å². The quantitative estimate of drug-likeness (QED) is 0.743. The summed E-state index contributed by atoms with van der Waals surface area (Å²) in [5.74, 6) is 0.777. The number of furan rings is 1. The number of hydrogen-bond donors (Lipinski definition) is 1. The normalized spacial score (nSPS) is 10.5. The molecule has 0 fully saturated rings. The van der Waals surface area contributed by atoms with Gasteiger partial charge in [0, 0.05) is 6.20 Å². The van der Waals surface area contributed by atoms with Crippen LogP contribution in [0.25, 0.3) is 11.7 Å². The van der Waals surface area contributed by atoms with Gasteiger partial charge in [-0.15, -0.1) is 0 Å². The molecule has 1 amide bonds. The first-order valence-electron chi connectivity index (χ1n) is 5.98. The molecule has 0 atom stereocenters. The highest BCUT2D eigenvalue weighted by Gasteiger charge is 2.12. The zero-order chi connectivity index (χ0) is 14.7. The van der Waals surface area contributed by atoms with Gasteiger partial charge in [-0.2, -0.15) is 4.98 Å². The molecule has 0 radical (unpaired) electrons. The number of nitrogens with zero attached hydrogens (tertiary/aromatic N) is 3. The Bertz CT molecular complexity index is 737. The number of carbonyl (C=O) groups is 1. The van der Waals surface area contributed by atoms with Crippen LogP contribution in [0.2, 0.25) is 5.15 Å². The van der Waals surface area contributed by atoms with Crippen molar-refractivity contribution in [2.75, 3.05) is 0 Å². The Kier molecular flexibility index (Phi) is 3.65. The molecule has 0 aliphatic heterocycles. The van der Waals surface area contributed by atoms with Crippen molar-refractivity contribution in [2.24, 2.45) is 0 Å². The number of hydrogen-bond acceptors (Lipinski definition) is 6. The molecule has 3 aromatic rings. The van der Waals surface area contributed by atoms with Crippen LogP contribution >= 0.6 is 11.6 Å². The van der Waals surface area contributed by atoms with E-state index < -0.39 is 0 Å². The predicted octanol–water partition coefficient (Wildman–Crippen LogP) is 2.31. The van der Waals surface area contributed by atoms with Crippen LogP contribution < -0.4 is 5.32 Å². The maximum absolute atomic E-state index is 11.9. The molecule has 106 valence electrons. The average Bonchev–Trinajstić information content (AvgIpc) is 3.16. The fourth-order valence-electron chi connectivity index (χ4n) is 1.60. The first-order chi connectivity index (χ1) is 10.2. The Labute approximate surface area is 123 Å². The monoisotopic (exact) mass is 304 g/mol. The number of rotatable bonds is 4. The second-order valence-corrected chi connectivity index (χ2v) is 4.43. The number of halogens is 1. The van der Waals surface area contributed by atoms with E-state index in [0.717, 1.165) is 0 Å². The Morgan fingerprint density at radius 2 is 2.24 bits per heavy atom. The van der Waals surface area contributed by atoms with Crippen LogP contribution in [0.3, 0.4) is 0 Å². The second-order valence-electron chi connectivity index (χ2n) is 4.05. The smallest absolute Gasteiger partial charge is 0.293 e. The summed E-state index contributed by atoms with van der Waals surface area (Å²) in [6, 6.07) is 6.54. The van der Waals surface area contributed by atoms with Crippen LogP contribution in [0.5, 0.6) is 0 Å². The molecule has 3 aromatic heterocycles. The third-order valence-electron chi connectivity index (χ3n) is 2.60. The van der Waals surface area contributed by atoms with E-state index in [2.05, 4.69) is 20.4 Å². The number of pyridine rings is 1. The first kappa shape index (κ1) is 13.3. The van der Waals surface area contributed by atoms with Crippen LogP contribution in [0, 0.1) is 0 Å². The van der Waals surface area contributed by atoms with Gasteiger partial charge in [-0.25, -0.2) is 4.98 Å². The molecule has 7 nitrogen and oxygen atoms in total. The minimum absolute atomic E-state index is 0.131. The fraction of sp³-hybridized carbons (Fsp3) is 0.0769. The number of nitrogens with one attached hydrogen (secondary N) is 1. The Hall–Kier alpha value is -2.67. The summed E-state index contributed by atoms with van der Waals surface area (Å²) in [7, 11) is 0. The second kappa shape index (κ2) is 5.76. The Balaban J connectivity index is 1.62. The van der Waals surface area contributed by atoms with Crippen LogP contribution in [0.15, 0.2) is 45.7 Å². The Morgan fingerprint density at radius 1 is 1.33 bits per heavy atom. The molecule has 0 bridgehead atoms. The van der Waals surface area contributed by atoms with E-state index in [4.69, 9.17) is 20.5 Å². The standard InChI is InChI=1S/C13H9ClN4O3/c14-10-4-3-8(6-15-10)12(19)16-7-11-17-13(21-18-11)9-2-1-5-20-9/h1-6H,7H2,(H,16,19). The predicted molar refractivity (Wildman–Crippen MR) is 72.4 cm³/mol. The molecule has 0 aliphatic rings. The zero-order valence-electron chi connectivity index (χ0n) is 10.6. The zero-order valence-corrected chi connectivity index (χ0v) is 11.4. The lowest BCUT2D eigenvalue weighted by Crippen LogP contribution is -2.23.